The number of benzene rings is 1. The average molecular weight is 242 g/mol. The largest absolute Gasteiger partial charge is 0.398 e. The summed E-state index contributed by atoms with van der Waals surface area (Å²) in [5, 5.41) is 0. The van der Waals surface area contributed by atoms with Crippen molar-refractivity contribution in [1.29, 1.82) is 0 Å². The van der Waals surface area contributed by atoms with Crippen molar-refractivity contribution < 1.29 is 4.79 Å². The molecule has 0 saturated heterocycles. The monoisotopic (exact) mass is 242 g/mol. The molecule has 0 unspecified atom stereocenters. The predicted molar refractivity (Wildman–Crippen MR) is 71.8 cm³/mol. The van der Waals surface area contributed by atoms with Crippen molar-refractivity contribution in [3.05, 3.63) is 41.5 Å². The molecule has 3 rings (SSSR count). The molecule has 0 atom stereocenters. The molecule has 3 nitrogen and oxygen atoms in total. The quantitative estimate of drug-likeness (QED) is 0.605. The maximum atomic E-state index is 12.4. The van der Waals surface area contributed by atoms with Gasteiger partial charge in [0.1, 0.15) is 0 Å². The molecule has 2 N–H and O–H groups in total. The van der Waals surface area contributed by atoms with Gasteiger partial charge in [-0.1, -0.05) is 24.3 Å². The Hall–Kier alpha value is -1.77. The van der Waals surface area contributed by atoms with Gasteiger partial charge in [0.05, 0.1) is 0 Å². The molecule has 94 valence electrons. The number of anilines is 1. The lowest BCUT2D eigenvalue weighted by atomic mass is 9.96. The summed E-state index contributed by atoms with van der Waals surface area (Å²) in [5.74, 6) is 0.449. The van der Waals surface area contributed by atoms with E-state index in [2.05, 4.69) is 18.2 Å². The Labute approximate surface area is 107 Å². The Bertz CT molecular complexity index is 499. The van der Waals surface area contributed by atoms with E-state index >= 15 is 0 Å². The first kappa shape index (κ1) is 11.3. The van der Waals surface area contributed by atoms with Crippen LogP contribution >= 0.6 is 0 Å². The van der Waals surface area contributed by atoms with Crippen molar-refractivity contribution in [2.45, 2.75) is 25.8 Å². The van der Waals surface area contributed by atoms with Crippen molar-refractivity contribution in [3.8, 4) is 0 Å². The van der Waals surface area contributed by atoms with E-state index in [9.17, 15) is 4.79 Å². The molecule has 1 heterocycles. The molecule has 0 radical (unpaired) electrons. The fourth-order valence-corrected chi connectivity index (χ4v) is 2.87. The second-order valence-electron chi connectivity index (χ2n) is 5.13. The minimum Gasteiger partial charge on any atom is -0.398 e. The number of carbonyl (C=O) groups is 1. The first-order valence-electron chi connectivity index (χ1n) is 6.55. The summed E-state index contributed by atoms with van der Waals surface area (Å²) in [7, 11) is 0. The van der Waals surface area contributed by atoms with Crippen molar-refractivity contribution in [2.75, 3.05) is 12.3 Å². The van der Waals surface area contributed by atoms with Gasteiger partial charge in [-0.15, -0.1) is 0 Å². The van der Waals surface area contributed by atoms with E-state index in [0.29, 0.717) is 6.54 Å². The molecule has 0 aromatic heterocycles. The van der Waals surface area contributed by atoms with Gasteiger partial charge in [-0.05, 0) is 36.5 Å². The number of nitrogen functional groups attached to an aromatic ring is 1. The molecule has 0 fully saturated rings. The highest BCUT2D eigenvalue weighted by atomic mass is 16.2. The molecule has 0 bridgehead atoms. The Balaban J connectivity index is 1.78. The van der Waals surface area contributed by atoms with Gasteiger partial charge >= 0.3 is 0 Å². The zero-order valence-corrected chi connectivity index (χ0v) is 10.4. The first-order chi connectivity index (χ1) is 8.75. The number of fused-ring (bicyclic) bond motifs is 1. The van der Waals surface area contributed by atoms with Crippen LogP contribution < -0.4 is 5.73 Å². The van der Waals surface area contributed by atoms with Gasteiger partial charge in [0, 0.05) is 24.7 Å². The van der Waals surface area contributed by atoms with Gasteiger partial charge in [0.15, 0.2) is 0 Å². The number of amides is 1. The highest BCUT2D eigenvalue weighted by Crippen LogP contribution is 2.27. The Kier molecular flexibility index (Phi) is 2.82. The van der Waals surface area contributed by atoms with Crippen LogP contribution in [0.5, 0.6) is 0 Å². The SMILES string of the molecule is Nc1cccc2c1CN(C(=O)C1CC=CC1)CC2. The molecule has 1 aliphatic heterocycles. The zero-order valence-electron chi connectivity index (χ0n) is 10.4. The van der Waals surface area contributed by atoms with Gasteiger partial charge in [-0.3, -0.25) is 4.79 Å². The van der Waals surface area contributed by atoms with Crippen molar-refractivity contribution >= 4 is 11.6 Å². The van der Waals surface area contributed by atoms with E-state index in [0.717, 1.165) is 37.1 Å². The second kappa shape index (κ2) is 4.48. The normalized spacial score (nSPS) is 19.0. The van der Waals surface area contributed by atoms with Crippen LogP contribution in [0.3, 0.4) is 0 Å². The maximum Gasteiger partial charge on any atom is 0.226 e. The molecule has 0 saturated carbocycles. The number of rotatable bonds is 1. The molecular formula is C15H18N2O. The van der Waals surface area contributed by atoms with Crippen molar-refractivity contribution in [3.63, 3.8) is 0 Å². The van der Waals surface area contributed by atoms with E-state index in [4.69, 9.17) is 5.73 Å². The third kappa shape index (κ3) is 1.90. The van der Waals surface area contributed by atoms with Crippen LogP contribution in [-0.4, -0.2) is 17.4 Å². The molecular weight excluding hydrogens is 224 g/mol. The van der Waals surface area contributed by atoms with E-state index in [1.807, 2.05) is 17.0 Å². The Morgan fingerprint density at radius 1 is 1.28 bits per heavy atom. The van der Waals surface area contributed by atoms with Crippen LogP contribution in [0.25, 0.3) is 0 Å². The summed E-state index contributed by atoms with van der Waals surface area (Å²) in [4.78, 5) is 14.3. The summed E-state index contributed by atoms with van der Waals surface area (Å²) >= 11 is 0. The van der Waals surface area contributed by atoms with Gasteiger partial charge in [-0.25, -0.2) is 0 Å². The third-order valence-corrected chi connectivity index (χ3v) is 3.98. The van der Waals surface area contributed by atoms with Crippen LogP contribution in [0.15, 0.2) is 30.4 Å². The number of nitrogens with zero attached hydrogens (tertiary/aromatic N) is 1. The molecule has 2 aliphatic rings. The van der Waals surface area contributed by atoms with E-state index in [1.54, 1.807) is 0 Å². The van der Waals surface area contributed by atoms with E-state index in [1.165, 1.54) is 5.56 Å². The smallest absolute Gasteiger partial charge is 0.226 e. The minimum absolute atomic E-state index is 0.163. The lowest BCUT2D eigenvalue weighted by molar-refractivity contribution is -0.136. The molecule has 0 spiro atoms. The molecule has 1 aromatic rings. The molecule has 1 aromatic carbocycles. The summed E-state index contributed by atoms with van der Waals surface area (Å²) in [6, 6.07) is 6.03. The van der Waals surface area contributed by atoms with Crippen LogP contribution in [0.2, 0.25) is 0 Å². The first-order valence-corrected chi connectivity index (χ1v) is 6.55. The van der Waals surface area contributed by atoms with Gasteiger partial charge in [0.2, 0.25) is 5.91 Å². The minimum atomic E-state index is 0.163. The highest BCUT2D eigenvalue weighted by molar-refractivity contribution is 5.80. The number of hydrogen-bond donors (Lipinski definition) is 1. The number of nitrogens with two attached hydrogens (primary N) is 1. The van der Waals surface area contributed by atoms with Crippen LogP contribution in [-0.2, 0) is 17.8 Å². The molecule has 1 aliphatic carbocycles. The summed E-state index contributed by atoms with van der Waals surface area (Å²) in [6.07, 6.45) is 6.93. The van der Waals surface area contributed by atoms with Crippen molar-refractivity contribution in [2.24, 2.45) is 5.92 Å². The Morgan fingerprint density at radius 3 is 2.83 bits per heavy atom. The predicted octanol–water partition coefficient (Wildman–Crippen LogP) is 2.12. The number of hydrogen-bond acceptors (Lipinski definition) is 2. The second-order valence-corrected chi connectivity index (χ2v) is 5.13. The Morgan fingerprint density at radius 2 is 2.06 bits per heavy atom. The molecule has 18 heavy (non-hydrogen) atoms. The lowest BCUT2D eigenvalue weighted by Crippen LogP contribution is -2.39. The lowest BCUT2D eigenvalue weighted by Gasteiger charge is -2.31. The summed E-state index contributed by atoms with van der Waals surface area (Å²) in [6.45, 7) is 1.50. The standard InChI is InChI=1S/C15H18N2O/c16-14-7-3-6-11-8-9-17(10-13(11)14)15(18)12-4-1-2-5-12/h1-3,6-7,12H,4-5,8-10,16H2. The number of carbonyl (C=O) groups excluding carboxylic acids is 1. The fourth-order valence-electron chi connectivity index (χ4n) is 2.87. The van der Waals surface area contributed by atoms with Crippen molar-refractivity contribution in [1.82, 2.24) is 4.90 Å². The van der Waals surface area contributed by atoms with Gasteiger partial charge in [0.25, 0.3) is 0 Å². The summed E-state index contributed by atoms with van der Waals surface area (Å²) < 4.78 is 0. The van der Waals surface area contributed by atoms with Gasteiger partial charge in [-0.2, -0.15) is 0 Å². The number of allylic oxidation sites excluding steroid dienone is 2. The molecule has 1 amide bonds. The van der Waals surface area contributed by atoms with Crippen LogP contribution in [0.1, 0.15) is 24.0 Å². The van der Waals surface area contributed by atoms with E-state index < -0.39 is 0 Å². The third-order valence-electron chi connectivity index (χ3n) is 3.98. The van der Waals surface area contributed by atoms with Crippen LogP contribution in [0.4, 0.5) is 5.69 Å². The summed E-state index contributed by atoms with van der Waals surface area (Å²) in [5.41, 5.74) is 9.26. The highest BCUT2D eigenvalue weighted by Gasteiger charge is 2.28. The topological polar surface area (TPSA) is 46.3 Å². The fraction of sp³-hybridized carbons (Fsp3) is 0.400. The van der Waals surface area contributed by atoms with Crippen LogP contribution in [0, 0.1) is 5.92 Å². The van der Waals surface area contributed by atoms with Gasteiger partial charge < -0.3 is 10.6 Å². The van der Waals surface area contributed by atoms with E-state index in [-0.39, 0.29) is 11.8 Å². The average Bonchev–Trinajstić information content (AvgIpc) is 2.92. The zero-order chi connectivity index (χ0) is 12.5. The molecule has 3 heteroatoms. The maximum absolute atomic E-state index is 12.4.